The molecular formula is C88H53F7Ir5N5-5. The second-order valence-electron chi connectivity index (χ2n) is 22.7. The summed E-state index contributed by atoms with van der Waals surface area (Å²) in [6.45, 7) is 0. The van der Waals surface area contributed by atoms with Gasteiger partial charge in [-0.05, 0) is 101 Å². The molecule has 17 rings (SSSR count). The third kappa shape index (κ3) is 19.9. The predicted octanol–water partition coefficient (Wildman–Crippen LogP) is 23.4. The van der Waals surface area contributed by atoms with E-state index >= 15 is 0 Å². The van der Waals surface area contributed by atoms with E-state index in [1.54, 1.807) is 54.7 Å². The molecule has 5 radical (unpaired) electrons. The average Bonchev–Trinajstić information content (AvgIpc) is 0.820. The van der Waals surface area contributed by atoms with Crippen LogP contribution in [0.2, 0.25) is 0 Å². The SMILES string of the molecule is FC(F)(F)c1c[c-]c(-c2nccc3ccccc23)cc1.Fc1c[c-]c(-c2ncc(F)c3ccccc23)cc1.Fc1c[c-]c(-c2ncc(F)c3ccccc23)cc1.[Ir].[Ir].[Ir].[Ir].[Ir].[c-]1cc(-c2ccccc2)ccc1-c1nccc2ccccc12.[c-]1ccc(-c2ccccc2)cc1-c1nccc2ccccc12. The van der Waals surface area contributed by atoms with Crippen molar-refractivity contribution in [3.05, 3.63) is 381 Å². The van der Waals surface area contributed by atoms with Gasteiger partial charge >= 0.3 is 6.18 Å². The fourth-order valence-electron chi connectivity index (χ4n) is 11.4. The first-order valence-corrected chi connectivity index (χ1v) is 31.6. The van der Waals surface area contributed by atoms with Crippen LogP contribution in [0.3, 0.4) is 0 Å². The van der Waals surface area contributed by atoms with Crippen LogP contribution < -0.4 is 0 Å². The number of alkyl halides is 3. The molecule has 105 heavy (non-hydrogen) atoms. The Morgan fingerprint density at radius 2 is 0.600 bits per heavy atom. The molecule has 0 saturated carbocycles. The van der Waals surface area contributed by atoms with Gasteiger partial charge in [-0.25, -0.2) is 8.78 Å². The Morgan fingerprint density at radius 1 is 0.257 bits per heavy atom. The first kappa shape index (κ1) is 81.1. The second-order valence-corrected chi connectivity index (χ2v) is 22.7. The minimum absolute atomic E-state index is 0. The molecule has 0 unspecified atom stereocenters. The molecule has 0 fully saturated rings. The van der Waals surface area contributed by atoms with Gasteiger partial charge in [0.2, 0.25) is 0 Å². The Bertz CT molecular complexity index is 5510. The first-order chi connectivity index (χ1) is 48.9. The topological polar surface area (TPSA) is 64.5 Å². The fraction of sp³-hybridized carbons (Fsp3) is 0.0114. The van der Waals surface area contributed by atoms with Crippen LogP contribution in [0, 0.1) is 53.6 Å². The summed E-state index contributed by atoms with van der Waals surface area (Å²) in [6, 6.07) is 104. The van der Waals surface area contributed by atoms with Gasteiger partial charge in [-0.3, -0.25) is 8.78 Å². The van der Waals surface area contributed by atoms with E-state index < -0.39 is 11.7 Å². The molecule has 5 heterocycles. The van der Waals surface area contributed by atoms with Crippen molar-refractivity contribution in [3.63, 3.8) is 0 Å². The summed E-state index contributed by atoms with van der Waals surface area (Å²) in [6.07, 6.45) is 3.37. The summed E-state index contributed by atoms with van der Waals surface area (Å²) in [7, 11) is 0. The molecule has 0 aliphatic rings. The van der Waals surface area contributed by atoms with Gasteiger partial charge in [0, 0.05) is 142 Å². The number of halogens is 7. The first-order valence-electron chi connectivity index (χ1n) is 31.6. The van der Waals surface area contributed by atoms with E-state index in [1.165, 1.54) is 75.8 Å². The number of rotatable bonds is 7. The smallest absolute Gasteiger partial charge is 0.304 e. The van der Waals surface area contributed by atoms with Crippen LogP contribution in [-0.2, 0) is 107 Å². The van der Waals surface area contributed by atoms with E-state index in [-0.39, 0.29) is 124 Å². The van der Waals surface area contributed by atoms with Crippen LogP contribution >= 0.6 is 0 Å². The Labute approximate surface area is 670 Å². The fourth-order valence-corrected chi connectivity index (χ4v) is 11.4. The molecule has 0 aliphatic heterocycles. The van der Waals surface area contributed by atoms with Crippen LogP contribution in [0.15, 0.2) is 322 Å². The molecular weight excluding hydrogens is 2220 g/mol. The van der Waals surface area contributed by atoms with Crippen LogP contribution in [-0.4, -0.2) is 24.9 Å². The van der Waals surface area contributed by atoms with E-state index in [4.69, 9.17) is 0 Å². The maximum atomic E-state index is 13.6. The molecule has 0 bridgehead atoms. The number of pyridine rings is 5. The summed E-state index contributed by atoms with van der Waals surface area (Å²) < 4.78 is 90.6. The number of aromatic nitrogens is 5. The van der Waals surface area contributed by atoms with Gasteiger partial charge in [-0.1, -0.05) is 193 Å². The molecule has 529 valence electrons. The van der Waals surface area contributed by atoms with Crippen molar-refractivity contribution in [2.75, 3.05) is 0 Å². The van der Waals surface area contributed by atoms with E-state index in [0.717, 1.165) is 56.2 Å². The van der Waals surface area contributed by atoms with E-state index in [0.29, 0.717) is 55.3 Å². The van der Waals surface area contributed by atoms with Crippen molar-refractivity contribution in [2.45, 2.75) is 6.18 Å². The average molecular weight is 2270 g/mol. The number of hydrogen-bond donors (Lipinski definition) is 0. The molecule has 0 aliphatic carbocycles. The van der Waals surface area contributed by atoms with Gasteiger partial charge in [0.25, 0.3) is 0 Å². The Hall–Kier alpha value is -9.55. The molecule has 12 aromatic carbocycles. The van der Waals surface area contributed by atoms with Gasteiger partial charge in [0.1, 0.15) is 11.6 Å². The van der Waals surface area contributed by atoms with Gasteiger partial charge in [-0.15, -0.1) is 155 Å². The molecule has 5 nitrogen and oxygen atoms in total. The Kier molecular flexibility index (Phi) is 29.7. The standard InChI is InChI=1S/2C21H14N.C16H9F3N.2C15H8F2N.5Ir/c1-2-7-16(8-3-1)18-10-6-11-19(15-18)21-20-12-5-4-9-17(20)13-14-22-21;1-2-6-16(7-3-1)17-10-12-19(13-11-17)21-20-9-5-4-8-18(20)14-15-22-21;17-16(18,19)13-7-5-12(6-8-13)15-14-4-2-1-3-11(14)9-10-20-15;2*16-11-7-5-10(6-8-11)15-13-4-2-1-3-12(13)14(17)9-18-15;;;;;/h1-10,12-15H;1-12,14-15H;1-5,7-10H;2*1-5,7-9H;;;;;/q5*-1;;;;;. The Morgan fingerprint density at radius 3 is 0.981 bits per heavy atom. The van der Waals surface area contributed by atoms with Gasteiger partial charge < -0.3 is 24.9 Å². The van der Waals surface area contributed by atoms with E-state index in [9.17, 15) is 30.7 Å². The molecule has 0 saturated heterocycles. The molecule has 0 N–H and O–H groups in total. The van der Waals surface area contributed by atoms with Crippen LogP contribution in [0.4, 0.5) is 30.7 Å². The minimum atomic E-state index is -4.35. The zero-order chi connectivity index (χ0) is 68.8. The molecule has 0 amide bonds. The van der Waals surface area contributed by atoms with Crippen molar-refractivity contribution in [1.29, 1.82) is 0 Å². The number of hydrogen-bond acceptors (Lipinski definition) is 5. The number of nitrogens with zero attached hydrogens (tertiary/aromatic N) is 5. The maximum Gasteiger partial charge on any atom is 0.381 e. The normalized spacial score (nSPS) is 10.4. The third-order valence-electron chi connectivity index (χ3n) is 16.3. The van der Waals surface area contributed by atoms with Crippen LogP contribution in [0.25, 0.3) is 132 Å². The zero-order valence-electron chi connectivity index (χ0n) is 54.6. The van der Waals surface area contributed by atoms with Gasteiger partial charge in [-0.2, -0.15) is 13.2 Å². The predicted molar refractivity (Wildman–Crippen MR) is 386 cm³/mol. The van der Waals surface area contributed by atoms with E-state index in [2.05, 4.69) is 164 Å². The molecule has 17 heteroatoms. The maximum absolute atomic E-state index is 13.6. The second kappa shape index (κ2) is 38.5. The van der Waals surface area contributed by atoms with E-state index in [1.807, 2.05) is 103 Å². The summed E-state index contributed by atoms with van der Waals surface area (Å²) in [5.41, 5.74) is 11.8. The van der Waals surface area contributed by atoms with Gasteiger partial charge in [0.15, 0.2) is 0 Å². The molecule has 0 spiro atoms. The molecule has 5 aromatic heterocycles. The summed E-state index contributed by atoms with van der Waals surface area (Å²) in [5.74, 6) is -1.44. The van der Waals surface area contributed by atoms with Crippen LogP contribution in [0.5, 0.6) is 0 Å². The van der Waals surface area contributed by atoms with Crippen molar-refractivity contribution in [1.82, 2.24) is 24.9 Å². The largest absolute Gasteiger partial charge is 0.381 e. The van der Waals surface area contributed by atoms with Crippen molar-refractivity contribution in [3.8, 4) is 78.5 Å². The van der Waals surface area contributed by atoms with Gasteiger partial charge in [0.05, 0.1) is 12.4 Å². The third-order valence-corrected chi connectivity index (χ3v) is 16.3. The molecule has 0 atom stereocenters. The summed E-state index contributed by atoms with van der Waals surface area (Å²) >= 11 is 0. The summed E-state index contributed by atoms with van der Waals surface area (Å²) in [5, 5.41) is 9.00. The molecule has 17 aromatic rings. The van der Waals surface area contributed by atoms with Crippen molar-refractivity contribution >= 4 is 53.9 Å². The van der Waals surface area contributed by atoms with Crippen molar-refractivity contribution < 1.29 is 131 Å². The minimum Gasteiger partial charge on any atom is -0.304 e. The number of fused-ring (bicyclic) bond motifs is 5. The summed E-state index contributed by atoms with van der Waals surface area (Å²) in [4.78, 5) is 21.5. The Balaban J connectivity index is 0.000000164. The van der Waals surface area contributed by atoms with Crippen LogP contribution in [0.1, 0.15) is 5.56 Å². The zero-order valence-corrected chi connectivity index (χ0v) is 66.6. The quantitative estimate of drug-likeness (QED) is 0.118. The van der Waals surface area contributed by atoms with Crippen molar-refractivity contribution in [2.24, 2.45) is 0 Å². The monoisotopic (exact) mass is 2280 g/mol. The number of benzene rings is 12.